The lowest BCUT2D eigenvalue weighted by atomic mass is 9.88. The molecule has 0 aliphatic rings. The van der Waals surface area contributed by atoms with Gasteiger partial charge in [0.25, 0.3) is 0 Å². The summed E-state index contributed by atoms with van der Waals surface area (Å²) in [5.41, 5.74) is 4.86. The monoisotopic (exact) mass is 276 g/mol. The minimum absolute atomic E-state index is 0.0575. The summed E-state index contributed by atoms with van der Waals surface area (Å²) in [6.45, 7) is 9.07. The van der Waals surface area contributed by atoms with Crippen LogP contribution < -0.4 is 5.73 Å². The van der Waals surface area contributed by atoms with Crippen LogP contribution in [-0.2, 0) is 11.2 Å². The van der Waals surface area contributed by atoms with Gasteiger partial charge in [0.15, 0.2) is 0 Å². The Bertz CT molecular complexity index is 427. The van der Waals surface area contributed by atoms with Gasteiger partial charge in [-0.2, -0.15) is 0 Å². The van der Waals surface area contributed by atoms with Crippen LogP contribution in [0.25, 0.3) is 0 Å². The van der Waals surface area contributed by atoms with Gasteiger partial charge in [-0.1, -0.05) is 58.4 Å². The van der Waals surface area contributed by atoms with Gasteiger partial charge in [-0.3, -0.25) is 4.79 Å². The lowest BCUT2D eigenvalue weighted by Crippen LogP contribution is -2.20. The Kier molecular flexibility index (Phi) is 6.25. The number of hydrogen-bond donors (Lipinski definition) is 1. The topological polar surface area (TPSA) is 43.1 Å². The van der Waals surface area contributed by atoms with Gasteiger partial charge in [0.1, 0.15) is 7.20 Å². The van der Waals surface area contributed by atoms with Crippen molar-refractivity contribution >= 4 is 5.78 Å². The fourth-order valence-electron chi connectivity index (χ4n) is 2.42. The molecule has 2 atom stereocenters. The molecule has 112 valence electrons. The smallest absolute Gasteiger partial charge is 0.140 e. The quantitative estimate of drug-likeness (QED) is 0.742. The first-order chi connectivity index (χ1) is 9.97. The van der Waals surface area contributed by atoms with Gasteiger partial charge in [0.05, 0.1) is 0 Å². The molecule has 0 spiro atoms. The predicted molar refractivity (Wildman–Crippen MR) is 85.9 cm³/mol. The molecule has 2 heteroatoms. The summed E-state index contributed by atoms with van der Waals surface area (Å²) in [5.74, 6) is 1.13. The third-order valence-electron chi connectivity index (χ3n) is 3.96. The highest BCUT2D eigenvalue weighted by molar-refractivity contribution is 5.85. The van der Waals surface area contributed by atoms with Crippen LogP contribution in [0.15, 0.2) is 24.3 Å². The molecule has 2 N–H and O–H groups in total. The molecule has 0 saturated heterocycles. The first-order valence-corrected chi connectivity index (χ1v) is 7.74. The van der Waals surface area contributed by atoms with Crippen LogP contribution in [0.3, 0.4) is 0 Å². The van der Waals surface area contributed by atoms with Crippen molar-refractivity contribution in [1.82, 2.24) is 0 Å². The Morgan fingerprint density at radius 3 is 2.40 bits per heavy atom. The third-order valence-corrected chi connectivity index (χ3v) is 3.96. The van der Waals surface area contributed by atoms with E-state index in [0.29, 0.717) is 18.9 Å². The maximum Gasteiger partial charge on any atom is 0.140 e. The van der Waals surface area contributed by atoms with Gasteiger partial charge in [-0.25, -0.2) is 0 Å². The Morgan fingerprint density at radius 1 is 1.25 bits per heavy atom. The Morgan fingerprint density at radius 2 is 1.90 bits per heavy atom. The molecule has 2 unspecified atom stereocenters. The second kappa shape index (κ2) is 8.21. The number of benzene rings is 1. The molecule has 1 aromatic carbocycles. The molecule has 0 aliphatic heterocycles. The van der Waals surface area contributed by atoms with Crippen LogP contribution in [0.4, 0.5) is 0 Å². The van der Waals surface area contributed by atoms with E-state index < -0.39 is 0 Å². The van der Waals surface area contributed by atoms with Gasteiger partial charge in [-0.15, -0.1) is 0 Å². The van der Waals surface area contributed by atoms with Crippen molar-refractivity contribution in [3.05, 3.63) is 35.4 Å². The molecule has 0 radical (unpaired) electrons. The molecule has 0 aromatic heterocycles. The Balaban J connectivity index is 2.65. The van der Waals surface area contributed by atoms with E-state index in [9.17, 15) is 4.79 Å². The summed E-state index contributed by atoms with van der Waals surface area (Å²) in [6.07, 6.45) is 2.56. The van der Waals surface area contributed by atoms with Crippen LogP contribution in [-0.4, -0.2) is 12.3 Å². The molecule has 0 saturated carbocycles. The van der Waals surface area contributed by atoms with Gasteiger partial charge in [0, 0.05) is 12.3 Å². The highest BCUT2D eigenvalue weighted by atomic mass is 16.1. The maximum atomic E-state index is 12.4. The number of Topliss-reactive ketones (excluding diaryl/α,β-unsaturated/α-hetero) is 1. The van der Waals surface area contributed by atoms with E-state index in [4.69, 9.17) is 1.41 Å². The molecule has 20 heavy (non-hydrogen) atoms. The number of carbonyl (C=O) groups is 1. The van der Waals surface area contributed by atoms with E-state index in [0.717, 1.165) is 18.4 Å². The minimum atomic E-state index is -0.0575. The van der Waals surface area contributed by atoms with Crippen LogP contribution in [0.2, 0.25) is 1.41 Å². The molecule has 1 aromatic rings. The summed E-state index contributed by atoms with van der Waals surface area (Å²) in [7, 11) is 0. The number of ketones is 1. The first kappa shape index (κ1) is 15.2. The number of rotatable bonds is 9. The first-order valence-electron chi connectivity index (χ1n) is 8.24. The predicted octanol–water partition coefficient (Wildman–Crippen LogP) is 3.93. The van der Waals surface area contributed by atoms with Gasteiger partial charge >= 0.3 is 0 Å². The van der Waals surface area contributed by atoms with Crippen molar-refractivity contribution in [2.45, 2.75) is 52.9 Å². The average Bonchev–Trinajstić information content (AvgIpc) is 2.46. The van der Waals surface area contributed by atoms with E-state index in [1.54, 1.807) is 0 Å². The van der Waals surface area contributed by atoms with Crippen molar-refractivity contribution in [2.75, 3.05) is 6.54 Å². The molecule has 0 aliphatic carbocycles. The van der Waals surface area contributed by atoms with Crippen LogP contribution in [0.5, 0.6) is 0 Å². The maximum absolute atomic E-state index is 12.4. The zero-order chi connectivity index (χ0) is 15.8. The fraction of sp³-hybridized carbons (Fsp3) is 0.611. The number of nitrogens with two attached hydrogens (primary N) is 1. The van der Waals surface area contributed by atoms with Crippen LogP contribution >= 0.6 is 0 Å². The summed E-state index contributed by atoms with van der Waals surface area (Å²) in [6, 6.07) is 8.46. The standard InChI is InChI=1S/C18H29NO/c1-5-15(12-19)11-18(20)14(4)17-8-6-16(7-9-17)10-13(2)3/h6-9,13-15H,5,10-12,19H2,1-4H3/i/hD. The normalized spacial score (nSPS) is 14.9. The van der Waals surface area contributed by atoms with Gasteiger partial charge < -0.3 is 5.73 Å². The van der Waals surface area contributed by atoms with E-state index in [-0.39, 0.29) is 17.6 Å². The van der Waals surface area contributed by atoms with Crippen LogP contribution in [0, 0.1) is 11.8 Å². The lowest BCUT2D eigenvalue weighted by Gasteiger charge is -2.16. The SMILES string of the molecule is [2H]NCC(CC)CC(=O)C(C)c1ccc(CC(C)C)cc1. The summed E-state index contributed by atoms with van der Waals surface area (Å²) in [4.78, 5) is 12.4. The summed E-state index contributed by atoms with van der Waals surface area (Å²) >= 11 is 0. The molecule has 2 nitrogen and oxygen atoms in total. The van der Waals surface area contributed by atoms with E-state index in [1.165, 1.54) is 5.56 Å². The molecular formula is C18H29NO. The largest absolute Gasteiger partial charge is 0.330 e. The highest BCUT2D eigenvalue weighted by Gasteiger charge is 2.18. The van der Waals surface area contributed by atoms with Crippen LogP contribution in [0.1, 0.15) is 57.6 Å². The molecule has 1 rings (SSSR count). The number of carbonyl (C=O) groups excluding carboxylic acids is 1. The molecule has 0 bridgehead atoms. The van der Waals surface area contributed by atoms with Crippen molar-refractivity contribution in [3.8, 4) is 0 Å². The minimum Gasteiger partial charge on any atom is -0.330 e. The molecule has 0 fully saturated rings. The zero-order valence-electron chi connectivity index (χ0n) is 14.3. The Hall–Kier alpha value is -1.15. The number of hydrogen-bond acceptors (Lipinski definition) is 2. The lowest BCUT2D eigenvalue weighted by molar-refractivity contribution is -0.121. The summed E-state index contributed by atoms with van der Waals surface area (Å²) < 4.78 is 7.07. The van der Waals surface area contributed by atoms with Crippen molar-refractivity contribution < 1.29 is 6.21 Å². The molecule has 0 amide bonds. The third kappa shape index (κ3) is 5.09. The van der Waals surface area contributed by atoms with Gasteiger partial charge in [0.2, 0.25) is 0 Å². The second-order valence-corrected chi connectivity index (χ2v) is 6.21. The highest BCUT2D eigenvalue weighted by Crippen LogP contribution is 2.22. The summed E-state index contributed by atoms with van der Waals surface area (Å²) in [5, 5.41) is 0. The van der Waals surface area contributed by atoms with Gasteiger partial charge in [-0.05, 0) is 35.9 Å². The van der Waals surface area contributed by atoms with E-state index in [1.807, 2.05) is 6.92 Å². The fourth-order valence-corrected chi connectivity index (χ4v) is 2.42. The molecule has 0 heterocycles. The zero-order valence-corrected chi connectivity index (χ0v) is 13.3. The van der Waals surface area contributed by atoms with Crippen molar-refractivity contribution in [3.63, 3.8) is 0 Å². The average molecular weight is 276 g/mol. The Labute approximate surface area is 125 Å². The van der Waals surface area contributed by atoms with E-state index >= 15 is 0 Å². The van der Waals surface area contributed by atoms with E-state index in [2.05, 4.69) is 50.8 Å². The van der Waals surface area contributed by atoms with Crippen molar-refractivity contribution in [1.29, 1.82) is 0 Å². The van der Waals surface area contributed by atoms with Crippen molar-refractivity contribution in [2.24, 2.45) is 17.6 Å². The second-order valence-electron chi connectivity index (χ2n) is 6.21. The molecular weight excluding hydrogens is 246 g/mol.